The molecule has 0 aliphatic heterocycles. The highest BCUT2D eigenvalue weighted by atomic mass is 16.1. The molecule has 0 spiro atoms. The van der Waals surface area contributed by atoms with Gasteiger partial charge in [0, 0.05) is 63.7 Å². The van der Waals surface area contributed by atoms with Gasteiger partial charge in [0.25, 0.3) is 0 Å². The summed E-state index contributed by atoms with van der Waals surface area (Å²) in [6, 6.07) is 6.34. The standard InChI is InChI=1S/C26H42N6O/c1-25(2,3)18-27-21-10-9-20(29-24(21)31(6)7)19-11-13-26(4,5)22(17-19)30-23(33)12-16-32-15-8-14-28-32/h8-10,14-15,19,22,27H,11-13,16-18H2,1-7H3,(H,30,33). The number of hydrogen-bond donors (Lipinski definition) is 2. The lowest BCUT2D eigenvalue weighted by atomic mass is 9.68. The second-order valence-corrected chi connectivity index (χ2v) is 11.5. The number of carbonyl (C=O) groups is 1. The maximum absolute atomic E-state index is 12.7. The molecule has 2 atom stereocenters. The fourth-order valence-corrected chi connectivity index (χ4v) is 4.41. The molecule has 2 aromatic heterocycles. The van der Waals surface area contributed by atoms with Crippen LogP contribution in [0.3, 0.4) is 0 Å². The smallest absolute Gasteiger partial charge is 0.222 e. The van der Waals surface area contributed by atoms with E-state index in [1.807, 2.05) is 26.4 Å². The molecule has 33 heavy (non-hydrogen) atoms. The van der Waals surface area contributed by atoms with Gasteiger partial charge in [0.05, 0.1) is 5.69 Å². The predicted molar refractivity (Wildman–Crippen MR) is 136 cm³/mol. The second-order valence-electron chi connectivity index (χ2n) is 11.5. The van der Waals surface area contributed by atoms with Gasteiger partial charge in [0.1, 0.15) is 0 Å². The van der Waals surface area contributed by atoms with Crippen LogP contribution in [0.15, 0.2) is 30.6 Å². The lowest BCUT2D eigenvalue weighted by Crippen LogP contribution is -2.48. The number of anilines is 2. The lowest BCUT2D eigenvalue weighted by molar-refractivity contribution is -0.123. The molecule has 1 aliphatic rings. The van der Waals surface area contributed by atoms with Gasteiger partial charge in [-0.1, -0.05) is 34.6 Å². The summed E-state index contributed by atoms with van der Waals surface area (Å²) >= 11 is 0. The van der Waals surface area contributed by atoms with Gasteiger partial charge in [0.2, 0.25) is 5.91 Å². The van der Waals surface area contributed by atoms with E-state index in [0.717, 1.165) is 43.0 Å². The van der Waals surface area contributed by atoms with Gasteiger partial charge < -0.3 is 15.5 Å². The number of rotatable bonds is 8. The van der Waals surface area contributed by atoms with E-state index in [2.05, 4.69) is 67.4 Å². The monoisotopic (exact) mass is 454 g/mol. The minimum absolute atomic E-state index is 0.0659. The van der Waals surface area contributed by atoms with Gasteiger partial charge in [-0.05, 0) is 48.3 Å². The Morgan fingerprint density at radius 1 is 1.27 bits per heavy atom. The minimum atomic E-state index is 0.0659. The van der Waals surface area contributed by atoms with Gasteiger partial charge in [0.15, 0.2) is 5.82 Å². The Hall–Kier alpha value is -2.57. The molecule has 7 heteroatoms. The third-order valence-corrected chi connectivity index (χ3v) is 6.61. The fraction of sp³-hybridized carbons (Fsp3) is 0.654. The summed E-state index contributed by atoms with van der Waals surface area (Å²) in [7, 11) is 4.09. The van der Waals surface area contributed by atoms with Crippen molar-refractivity contribution in [1.82, 2.24) is 20.1 Å². The van der Waals surface area contributed by atoms with Crippen molar-refractivity contribution in [2.75, 3.05) is 30.9 Å². The first-order chi connectivity index (χ1) is 15.4. The normalized spacial score (nSPS) is 20.3. The van der Waals surface area contributed by atoms with Crippen molar-refractivity contribution >= 4 is 17.4 Å². The molecule has 182 valence electrons. The number of nitrogens with zero attached hydrogens (tertiary/aromatic N) is 4. The third-order valence-electron chi connectivity index (χ3n) is 6.61. The summed E-state index contributed by atoms with van der Waals surface area (Å²) in [4.78, 5) is 19.8. The van der Waals surface area contributed by atoms with Crippen LogP contribution in [0.1, 0.15) is 71.9 Å². The fourth-order valence-electron chi connectivity index (χ4n) is 4.41. The van der Waals surface area contributed by atoms with Crippen LogP contribution in [0.4, 0.5) is 11.5 Å². The maximum atomic E-state index is 12.7. The molecule has 0 saturated heterocycles. The number of pyridine rings is 1. The third kappa shape index (κ3) is 6.95. The van der Waals surface area contributed by atoms with E-state index in [9.17, 15) is 4.79 Å². The summed E-state index contributed by atoms with van der Waals surface area (Å²) in [6.45, 7) is 12.7. The first-order valence-electron chi connectivity index (χ1n) is 12.1. The van der Waals surface area contributed by atoms with Crippen LogP contribution in [0.25, 0.3) is 0 Å². The zero-order valence-corrected chi connectivity index (χ0v) is 21.5. The van der Waals surface area contributed by atoms with E-state index >= 15 is 0 Å². The number of aromatic nitrogens is 3. The van der Waals surface area contributed by atoms with Crippen LogP contribution in [0.5, 0.6) is 0 Å². The zero-order valence-electron chi connectivity index (χ0n) is 21.5. The molecular weight excluding hydrogens is 412 g/mol. The van der Waals surface area contributed by atoms with Crippen molar-refractivity contribution in [3.63, 3.8) is 0 Å². The first kappa shape index (κ1) is 25.1. The van der Waals surface area contributed by atoms with Crippen LogP contribution in [0, 0.1) is 10.8 Å². The van der Waals surface area contributed by atoms with Crippen LogP contribution in [-0.2, 0) is 11.3 Å². The summed E-state index contributed by atoms with van der Waals surface area (Å²) < 4.78 is 1.80. The van der Waals surface area contributed by atoms with Crippen molar-refractivity contribution in [2.24, 2.45) is 10.8 Å². The van der Waals surface area contributed by atoms with E-state index in [1.54, 1.807) is 10.9 Å². The lowest BCUT2D eigenvalue weighted by Gasteiger charge is -2.42. The number of nitrogens with one attached hydrogen (secondary N) is 2. The molecule has 1 saturated carbocycles. The van der Waals surface area contributed by atoms with Crippen molar-refractivity contribution in [2.45, 2.75) is 78.8 Å². The molecule has 2 heterocycles. The summed E-state index contributed by atoms with van der Waals surface area (Å²) in [6.07, 6.45) is 7.13. The minimum Gasteiger partial charge on any atom is -0.382 e. The van der Waals surface area contributed by atoms with E-state index in [1.165, 1.54) is 0 Å². The van der Waals surface area contributed by atoms with Crippen molar-refractivity contribution < 1.29 is 4.79 Å². The summed E-state index contributed by atoms with van der Waals surface area (Å²) in [5, 5.41) is 11.1. The zero-order chi connectivity index (χ0) is 24.2. The van der Waals surface area contributed by atoms with E-state index in [0.29, 0.717) is 18.9 Å². The highest BCUT2D eigenvalue weighted by Crippen LogP contribution is 2.43. The second kappa shape index (κ2) is 10.1. The van der Waals surface area contributed by atoms with Gasteiger partial charge in [-0.25, -0.2) is 4.98 Å². The Bertz CT molecular complexity index is 913. The quantitative estimate of drug-likeness (QED) is 0.606. The first-order valence-corrected chi connectivity index (χ1v) is 12.1. The molecule has 0 bridgehead atoms. The molecule has 0 aromatic carbocycles. The number of aryl methyl sites for hydroxylation is 1. The Kier molecular flexibility index (Phi) is 7.70. The van der Waals surface area contributed by atoms with Gasteiger partial charge in [-0.3, -0.25) is 9.48 Å². The Morgan fingerprint density at radius 2 is 2.03 bits per heavy atom. The molecule has 2 unspecified atom stereocenters. The molecule has 2 aromatic rings. The number of carbonyl (C=O) groups excluding carboxylic acids is 1. The summed E-state index contributed by atoms with van der Waals surface area (Å²) in [5.74, 6) is 1.40. The Labute approximate surface area is 199 Å². The van der Waals surface area contributed by atoms with E-state index in [4.69, 9.17) is 4.98 Å². The Balaban J connectivity index is 1.69. The molecule has 0 radical (unpaired) electrons. The highest BCUT2D eigenvalue weighted by molar-refractivity contribution is 5.76. The predicted octanol–water partition coefficient (Wildman–Crippen LogP) is 4.67. The van der Waals surface area contributed by atoms with Crippen molar-refractivity contribution in [3.05, 3.63) is 36.3 Å². The van der Waals surface area contributed by atoms with Crippen LogP contribution >= 0.6 is 0 Å². The highest BCUT2D eigenvalue weighted by Gasteiger charge is 2.38. The van der Waals surface area contributed by atoms with Crippen molar-refractivity contribution in [1.29, 1.82) is 0 Å². The number of hydrogen-bond acceptors (Lipinski definition) is 5. The van der Waals surface area contributed by atoms with E-state index < -0.39 is 0 Å². The van der Waals surface area contributed by atoms with Gasteiger partial charge in [-0.2, -0.15) is 5.10 Å². The van der Waals surface area contributed by atoms with Gasteiger partial charge in [-0.15, -0.1) is 0 Å². The molecule has 2 N–H and O–H groups in total. The largest absolute Gasteiger partial charge is 0.382 e. The Morgan fingerprint density at radius 3 is 2.67 bits per heavy atom. The van der Waals surface area contributed by atoms with Crippen LogP contribution < -0.4 is 15.5 Å². The average molecular weight is 455 g/mol. The SMILES string of the molecule is CN(C)c1nc(C2CCC(C)(C)C(NC(=O)CCn3cccn3)C2)ccc1NCC(C)(C)C. The molecule has 1 fully saturated rings. The molecular formula is C26H42N6O. The van der Waals surface area contributed by atoms with Crippen molar-refractivity contribution in [3.8, 4) is 0 Å². The molecule has 1 amide bonds. The van der Waals surface area contributed by atoms with Crippen LogP contribution in [0.2, 0.25) is 0 Å². The average Bonchev–Trinajstić information content (AvgIpc) is 3.25. The topological polar surface area (TPSA) is 75.1 Å². The molecule has 3 rings (SSSR count). The number of amides is 1. The van der Waals surface area contributed by atoms with E-state index in [-0.39, 0.29) is 22.8 Å². The summed E-state index contributed by atoms with van der Waals surface area (Å²) in [5.41, 5.74) is 2.45. The molecule has 1 aliphatic carbocycles. The molecule has 7 nitrogen and oxygen atoms in total. The van der Waals surface area contributed by atoms with Gasteiger partial charge >= 0.3 is 0 Å². The van der Waals surface area contributed by atoms with Crippen LogP contribution in [-0.4, -0.2) is 47.4 Å². The maximum Gasteiger partial charge on any atom is 0.222 e.